The zero-order valence-electron chi connectivity index (χ0n) is 10.7. The van der Waals surface area contributed by atoms with Gasteiger partial charge in [0.25, 0.3) is 0 Å². The fourth-order valence-corrected chi connectivity index (χ4v) is 1.66. The first-order chi connectivity index (χ1) is 9.34. The van der Waals surface area contributed by atoms with E-state index in [9.17, 15) is 0 Å². The zero-order chi connectivity index (χ0) is 13.3. The number of rotatable bonds is 6. The van der Waals surface area contributed by atoms with Crippen LogP contribution >= 0.6 is 0 Å². The summed E-state index contributed by atoms with van der Waals surface area (Å²) < 4.78 is 5.22. The summed E-state index contributed by atoms with van der Waals surface area (Å²) in [7, 11) is 0. The number of hydrogen-bond acceptors (Lipinski definition) is 3. The van der Waals surface area contributed by atoms with Gasteiger partial charge in [-0.25, -0.2) is 0 Å². The summed E-state index contributed by atoms with van der Waals surface area (Å²) in [4.78, 5) is 8.47. The molecule has 0 atom stereocenters. The number of nitrogens with one attached hydrogen (secondary N) is 1. The van der Waals surface area contributed by atoms with Crippen LogP contribution in [0, 0.1) is 0 Å². The van der Waals surface area contributed by atoms with Gasteiger partial charge in [0.1, 0.15) is 5.76 Å². The molecule has 0 amide bonds. The van der Waals surface area contributed by atoms with Crippen LogP contribution in [0.4, 0.5) is 0 Å². The molecule has 19 heavy (non-hydrogen) atoms. The lowest BCUT2D eigenvalue weighted by molar-refractivity contribution is 0.511. The molecule has 3 N–H and O–H groups in total. The summed E-state index contributed by atoms with van der Waals surface area (Å²) in [5.41, 5.74) is 6.81. The summed E-state index contributed by atoms with van der Waals surface area (Å²) in [5.74, 6) is 1.38. The van der Waals surface area contributed by atoms with Crippen LogP contribution in [0.3, 0.4) is 0 Å². The van der Waals surface area contributed by atoms with Gasteiger partial charge < -0.3 is 15.5 Å². The average molecular weight is 258 g/mol. The van der Waals surface area contributed by atoms with Gasteiger partial charge in [-0.3, -0.25) is 9.98 Å². The number of nitrogens with two attached hydrogens (primary N) is 1. The molecule has 0 bridgehead atoms. The smallest absolute Gasteiger partial charge is 0.188 e. The van der Waals surface area contributed by atoms with E-state index in [1.54, 1.807) is 12.5 Å². The lowest BCUT2D eigenvalue weighted by Crippen LogP contribution is -2.33. The standard InChI is InChI=1S/C14H18N4O/c15-14(18-10-7-13-5-3-11-19-13)17-9-6-12-4-1-2-8-16-12/h1-5,8,11H,6-7,9-10H2,(H3,15,17,18). The Morgan fingerprint density at radius 1 is 1.26 bits per heavy atom. The summed E-state index contributed by atoms with van der Waals surface area (Å²) in [6.45, 7) is 1.35. The highest BCUT2D eigenvalue weighted by atomic mass is 16.3. The van der Waals surface area contributed by atoms with Crippen LogP contribution in [0.5, 0.6) is 0 Å². The molecule has 2 aromatic heterocycles. The van der Waals surface area contributed by atoms with Crippen LogP contribution in [-0.2, 0) is 12.8 Å². The fourth-order valence-electron chi connectivity index (χ4n) is 1.66. The third-order valence-electron chi connectivity index (χ3n) is 2.63. The quantitative estimate of drug-likeness (QED) is 0.606. The van der Waals surface area contributed by atoms with E-state index >= 15 is 0 Å². The highest BCUT2D eigenvalue weighted by Crippen LogP contribution is 2.00. The van der Waals surface area contributed by atoms with E-state index in [2.05, 4.69) is 15.3 Å². The maximum Gasteiger partial charge on any atom is 0.188 e. The van der Waals surface area contributed by atoms with Crippen molar-refractivity contribution in [2.24, 2.45) is 10.7 Å². The Balaban J connectivity index is 1.65. The molecule has 0 saturated carbocycles. The molecule has 0 fully saturated rings. The van der Waals surface area contributed by atoms with E-state index in [-0.39, 0.29) is 0 Å². The van der Waals surface area contributed by atoms with Gasteiger partial charge in [0.15, 0.2) is 5.96 Å². The van der Waals surface area contributed by atoms with Crippen molar-refractivity contribution in [1.82, 2.24) is 10.3 Å². The minimum absolute atomic E-state index is 0.461. The van der Waals surface area contributed by atoms with Crippen molar-refractivity contribution < 1.29 is 4.42 Å². The van der Waals surface area contributed by atoms with Crippen molar-refractivity contribution in [3.05, 3.63) is 54.2 Å². The molecule has 0 aromatic carbocycles. The zero-order valence-corrected chi connectivity index (χ0v) is 10.7. The van der Waals surface area contributed by atoms with Gasteiger partial charge in [-0.2, -0.15) is 0 Å². The molecule has 0 radical (unpaired) electrons. The lowest BCUT2D eigenvalue weighted by Gasteiger charge is -2.04. The van der Waals surface area contributed by atoms with Crippen molar-refractivity contribution in [1.29, 1.82) is 0 Å². The molecule has 0 aliphatic heterocycles. The summed E-state index contributed by atoms with van der Waals surface area (Å²) in [5, 5.41) is 3.07. The number of hydrogen-bond donors (Lipinski definition) is 2. The van der Waals surface area contributed by atoms with Crippen molar-refractivity contribution in [3.63, 3.8) is 0 Å². The molecule has 2 heterocycles. The molecular formula is C14H18N4O. The summed E-state index contributed by atoms with van der Waals surface area (Å²) >= 11 is 0. The van der Waals surface area contributed by atoms with Crippen LogP contribution in [0.1, 0.15) is 11.5 Å². The maximum atomic E-state index is 5.77. The Labute approximate surface area is 112 Å². The van der Waals surface area contributed by atoms with Gasteiger partial charge in [0, 0.05) is 37.8 Å². The lowest BCUT2D eigenvalue weighted by atomic mass is 10.3. The first-order valence-corrected chi connectivity index (χ1v) is 6.30. The summed E-state index contributed by atoms with van der Waals surface area (Å²) in [6.07, 6.45) is 5.04. The molecule has 0 aliphatic carbocycles. The van der Waals surface area contributed by atoms with Crippen LogP contribution in [0.2, 0.25) is 0 Å². The molecule has 0 spiro atoms. The monoisotopic (exact) mass is 258 g/mol. The minimum Gasteiger partial charge on any atom is -0.469 e. The van der Waals surface area contributed by atoms with Crippen LogP contribution in [0.25, 0.3) is 0 Å². The predicted molar refractivity (Wildman–Crippen MR) is 74.8 cm³/mol. The van der Waals surface area contributed by atoms with Gasteiger partial charge >= 0.3 is 0 Å². The summed E-state index contributed by atoms with van der Waals surface area (Å²) in [6, 6.07) is 9.67. The van der Waals surface area contributed by atoms with E-state index in [1.807, 2.05) is 30.3 Å². The first-order valence-electron chi connectivity index (χ1n) is 6.30. The molecule has 2 aromatic rings. The molecule has 100 valence electrons. The second-order valence-electron chi connectivity index (χ2n) is 4.09. The molecule has 0 unspecified atom stereocenters. The number of aromatic nitrogens is 1. The third-order valence-corrected chi connectivity index (χ3v) is 2.63. The van der Waals surface area contributed by atoms with Crippen LogP contribution in [0.15, 0.2) is 52.2 Å². The van der Waals surface area contributed by atoms with Gasteiger partial charge in [0.2, 0.25) is 0 Å². The highest BCUT2D eigenvalue weighted by Gasteiger charge is 1.96. The predicted octanol–water partition coefficient (Wildman–Crippen LogP) is 1.36. The normalized spacial score (nSPS) is 11.5. The Kier molecular flexibility index (Phi) is 4.98. The molecule has 0 saturated heterocycles. The van der Waals surface area contributed by atoms with Gasteiger partial charge in [-0.15, -0.1) is 0 Å². The van der Waals surface area contributed by atoms with Crippen molar-refractivity contribution in [3.8, 4) is 0 Å². The van der Waals surface area contributed by atoms with Gasteiger partial charge in [0.05, 0.1) is 6.26 Å². The number of aliphatic imine (C=N–C) groups is 1. The number of guanidine groups is 1. The largest absolute Gasteiger partial charge is 0.469 e. The molecular weight excluding hydrogens is 240 g/mol. The van der Waals surface area contributed by atoms with Crippen LogP contribution in [-0.4, -0.2) is 24.0 Å². The Morgan fingerprint density at radius 2 is 2.21 bits per heavy atom. The van der Waals surface area contributed by atoms with Crippen molar-refractivity contribution >= 4 is 5.96 Å². The second kappa shape index (κ2) is 7.20. The van der Waals surface area contributed by atoms with Gasteiger partial charge in [-0.05, 0) is 24.3 Å². The Morgan fingerprint density at radius 3 is 2.95 bits per heavy atom. The van der Waals surface area contributed by atoms with Crippen LogP contribution < -0.4 is 11.1 Å². The van der Waals surface area contributed by atoms with E-state index in [0.29, 0.717) is 12.5 Å². The molecule has 2 rings (SSSR count). The van der Waals surface area contributed by atoms with E-state index < -0.39 is 0 Å². The van der Waals surface area contributed by atoms with E-state index in [0.717, 1.165) is 30.8 Å². The first kappa shape index (κ1) is 13.1. The Bertz CT molecular complexity index is 493. The SMILES string of the molecule is NC(=NCCc1ccco1)NCCc1ccccn1. The molecule has 5 nitrogen and oxygen atoms in total. The van der Waals surface area contributed by atoms with Gasteiger partial charge in [-0.1, -0.05) is 6.07 Å². The average Bonchev–Trinajstić information content (AvgIpc) is 2.93. The second-order valence-corrected chi connectivity index (χ2v) is 4.09. The topological polar surface area (TPSA) is 76.4 Å². The Hall–Kier alpha value is -2.30. The number of pyridine rings is 1. The minimum atomic E-state index is 0.461. The van der Waals surface area contributed by atoms with Crippen molar-refractivity contribution in [2.75, 3.05) is 13.1 Å². The molecule has 5 heteroatoms. The van der Waals surface area contributed by atoms with E-state index in [1.165, 1.54) is 0 Å². The number of furan rings is 1. The van der Waals surface area contributed by atoms with Crippen molar-refractivity contribution in [2.45, 2.75) is 12.8 Å². The number of nitrogens with zero attached hydrogens (tertiary/aromatic N) is 2. The fraction of sp³-hybridized carbons (Fsp3) is 0.286. The maximum absolute atomic E-state index is 5.77. The van der Waals surface area contributed by atoms with E-state index in [4.69, 9.17) is 10.2 Å². The third kappa shape index (κ3) is 4.83. The molecule has 0 aliphatic rings. The highest BCUT2D eigenvalue weighted by molar-refractivity contribution is 5.77.